The number of carbonyl (C=O) groups excluding carboxylic acids is 2. The number of halogens is 7. The lowest BCUT2D eigenvalue weighted by atomic mass is 9.75. The van der Waals surface area contributed by atoms with Gasteiger partial charge >= 0.3 is 7.12 Å². The zero-order valence-electron chi connectivity index (χ0n) is 56.2. The van der Waals surface area contributed by atoms with E-state index in [1.807, 2.05) is 137 Å². The molecule has 0 spiro atoms. The molecule has 16 rings (SSSR count). The summed E-state index contributed by atoms with van der Waals surface area (Å²) < 4.78 is 13.2. The lowest BCUT2D eigenvalue weighted by Crippen LogP contribution is -2.41. The average Bonchev–Trinajstić information content (AvgIpc) is 1.26. The van der Waals surface area contributed by atoms with Crippen LogP contribution in [-0.2, 0) is 9.31 Å². The molecule has 0 aliphatic carbocycles. The highest BCUT2D eigenvalue weighted by Gasteiger charge is 2.52. The Hall–Kier alpha value is -9.53. The van der Waals surface area contributed by atoms with Crippen LogP contribution >= 0.6 is 85.5 Å². The molecule has 0 amide bonds. The summed E-state index contributed by atoms with van der Waals surface area (Å²) in [5.41, 5.74) is 25.9. The number of H-pyrrole nitrogens is 1. The van der Waals surface area contributed by atoms with E-state index < -0.39 is 18.3 Å². The molecule has 0 bridgehead atoms. The van der Waals surface area contributed by atoms with E-state index in [0.717, 1.165) is 101 Å². The number of hydrogen-bond donors (Lipinski definition) is 3. The van der Waals surface area contributed by atoms with E-state index >= 15 is 0 Å². The van der Waals surface area contributed by atoms with Crippen LogP contribution in [0.3, 0.4) is 0 Å². The van der Waals surface area contributed by atoms with Crippen LogP contribution in [0.15, 0.2) is 290 Å². The van der Waals surface area contributed by atoms with Crippen molar-refractivity contribution in [1.29, 1.82) is 0 Å². The zero-order valence-corrected chi connectivity index (χ0v) is 62.4. The molecule has 1 fully saturated rings. The second kappa shape index (κ2) is 32.4. The molecular formula is C87H66BBrCl6N4O4. The van der Waals surface area contributed by atoms with Gasteiger partial charge in [0, 0.05) is 57.4 Å². The maximum absolute atomic E-state index is 11.6. The lowest BCUT2D eigenvalue weighted by Gasteiger charge is -2.32. The number of fused-ring (bicyclic) bond motifs is 4. The summed E-state index contributed by atoms with van der Waals surface area (Å²) in [6, 6.07) is 93.5. The van der Waals surface area contributed by atoms with E-state index in [1.54, 1.807) is 54.6 Å². The predicted molar refractivity (Wildman–Crippen MR) is 440 cm³/mol. The first kappa shape index (κ1) is 73.2. The van der Waals surface area contributed by atoms with Crippen LogP contribution in [0.25, 0.3) is 110 Å². The molecule has 16 heteroatoms. The number of nitrogen functional groups attached to an aromatic ring is 2. The Morgan fingerprint density at radius 3 is 1.23 bits per heavy atom. The largest absolute Gasteiger partial charge is 0.495 e. The molecule has 0 saturated carbocycles. The van der Waals surface area contributed by atoms with Gasteiger partial charge in [-0.2, -0.15) is 0 Å². The quantitative estimate of drug-likeness (QED) is 0.0567. The number of aromatic nitrogens is 2. The molecule has 103 heavy (non-hydrogen) atoms. The van der Waals surface area contributed by atoms with Gasteiger partial charge in [-0.05, 0) is 235 Å². The van der Waals surface area contributed by atoms with Gasteiger partial charge in [0.05, 0.1) is 38.6 Å². The van der Waals surface area contributed by atoms with Crippen molar-refractivity contribution in [2.24, 2.45) is 0 Å². The number of anilines is 2. The zero-order chi connectivity index (χ0) is 72.5. The lowest BCUT2D eigenvalue weighted by molar-refractivity contribution is 0.00578. The molecule has 5 N–H and O–H groups in total. The van der Waals surface area contributed by atoms with Crippen molar-refractivity contribution in [1.82, 2.24) is 9.97 Å². The SMILES string of the molecule is CC1(C)OB(c2cc(-c3ccc4ccccc4c3)ccc2C=O)OC1(C)C.Clc1ccc(Cl)c(-c2cc(-c3ccc4ccccc4c3)ccc2-c2nc3ccccc3[nH]2)c1.Clc1ccc(Cl)c(Br)c1.Nc1ccccc1N.O=Cc1ccc(-c2ccc3ccccc3c2)cc1-c1cc(Cl)ccc1Cl. The third-order valence-corrected chi connectivity index (χ3v) is 20.7. The standard InChI is InChI=1S/C29H18Cl2N2.C23H23BO3.C23H14Cl2O.C6H3BrCl2.C6H8N2/c30-22-12-14-26(31)25(17-22)24-16-21(20-10-9-18-5-1-2-6-19(18)15-20)11-13-23(24)29-32-27-7-3-4-8-28(27)33-29;1-22(2)23(3,4)27-24(26-22)21-14-19(11-12-20(21)15-25)18-10-9-16-7-5-6-8-17(16)13-18;24-20-9-10-23(25)22(13-20)21-12-18(7-8-19(21)14-26)17-6-5-15-3-1-2-4-16(15)11-17;7-5-3-4(8)1-2-6(5)9;7-5-3-1-2-4-6(5)8/h1-17H,(H,32,33);5-15H,1-4H3;1-14H;1-3H;1-4H,7-8H2. The number of para-hydroxylation sites is 4. The molecule has 0 unspecified atom stereocenters. The van der Waals surface area contributed by atoms with E-state index in [9.17, 15) is 9.59 Å². The van der Waals surface area contributed by atoms with Gasteiger partial charge in [-0.3, -0.25) is 9.59 Å². The molecule has 510 valence electrons. The number of aromatic amines is 1. The second-order valence-electron chi connectivity index (χ2n) is 25.5. The number of aldehydes is 2. The third kappa shape index (κ3) is 17.3. The topological polar surface area (TPSA) is 133 Å². The smallest absolute Gasteiger partial charge is 0.399 e. The van der Waals surface area contributed by atoms with Crippen molar-refractivity contribution in [2.75, 3.05) is 11.5 Å². The summed E-state index contributed by atoms with van der Waals surface area (Å²) in [6.07, 6.45) is 1.71. The average molecular weight is 1530 g/mol. The van der Waals surface area contributed by atoms with Crippen molar-refractivity contribution in [2.45, 2.75) is 38.9 Å². The maximum atomic E-state index is 11.6. The van der Waals surface area contributed by atoms with E-state index in [4.69, 9.17) is 95.4 Å². The fourth-order valence-corrected chi connectivity index (χ4v) is 13.4. The third-order valence-electron chi connectivity index (χ3n) is 18.1. The molecule has 15 aromatic rings. The number of carbonyl (C=O) groups is 2. The molecule has 1 saturated heterocycles. The summed E-state index contributed by atoms with van der Waals surface area (Å²) >= 11 is 40.1. The van der Waals surface area contributed by atoms with E-state index in [2.05, 4.69) is 142 Å². The summed E-state index contributed by atoms with van der Waals surface area (Å²) in [5.74, 6) is 0.798. The van der Waals surface area contributed by atoms with Gasteiger partial charge in [-0.15, -0.1) is 0 Å². The molecule has 0 atom stereocenters. The van der Waals surface area contributed by atoms with Gasteiger partial charge in [-0.1, -0.05) is 246 Å². The minimum absolute atomic E-state index is 0.448. The van der Waals surface area contributed by atoms with Gasteiger partial charge in [0.15, 0.2) is 6.29 Å². The number of rotatable bonds is 9. The van der Waals surface area contributed by atoms with Gasteiger partial charge in [0.1, 0.15) is 12.1 Å². The van der Waals surface area contributed by atoms with Crippen molar-refractivity contribution < 1.29 is 18.9 Å². The highest BCUT2D eigenvalue weighted by molar-refractivity contribution is 9.10. The number of hydrogen-bond acceptors (Lipinski definition) is 7. The normalized spacial score (nSPS) is 12.6. The summed E-state index contributed by atoms with van der Waals surface area (Å²) in [6.45, 7) is 8.06. The molecule has 0 radical (unpaired) electrons. The second-order valence-corrected chi connectivity index (χ2v) is 28.8. The first-order valence-corrected chi connectivity index (χ1v) is 35.9. The molecule has 8 nitrogen and oxygen atoms in total. The van der Waals surface area contributed by atoms with E-state index in [-0.39, 0.29) is 0 Å². The predicted octanol–water partition coefficient (Wildman–Crippen LogP) is 25.5. The minimum Gasteiger partial charge on any atom is -0.399 e. The number of nitrogens with two attached hydrogens (primary N) is 2. The number of nitrogens with one attached hydrogen (secondary N) is 1. The Morgan fingerprint density at radius 1 is 0.379 bits per heavy atom. The Bertz CT molecular complexity index is 5580. The van der Waals surface area contributed by atoms with Gasteiger partial charge in [0.2, 0.25) is 0 Å². The Labute approximate surface area is 637 Å². The molecule has 1 aromatic heterocycles. The van der Waals surface area contributed by atoms with Crippen LogP contribution in [0.4, 0.5) is 11.4 Å². The number of benzene rings is 14. The van der Waals surface area contributed by atoms with E-state index in [1.165, 1.54) is 32.3 Å². The first-order chi connectivity index (χ1) is 49.6. The van der Waals surface area contributed by atoms with Gasteiger partial charge in [0.25, 0.3) is 0 Å². The van der Waals surface area contributed by atoms with Crippen LogP contribution in [-0.4, -0.2) is 40.9 Å². The van der Waals surface area contributed by atoms with Crippen LogP contribution in [0.1, 0.15) is 48.4 Å². The fraction of sp³-hybridized carbons (Fsp3) is 0.0690. The monoisotopic (exact) mass is 1530 g/mol. The molecular weight excluding hydrogens is 1470 g/mol. The molecule has 1 aliphatic heterocycles. The molecule has 14 aromatic carbocycles. The van der Waals surface area contributed by atoms with E-state index in [0.29, 0.717) is 52.6 Å². The Balaban J connectivity index is 0.000000131. The highest BCUT2D eigenvalue weighted by Crippen LogP contribution is 2.42. The highest BCUT2D eigenvalue weighted by atomic mass is 79.9. The first-order valence-electron chi connectivity index (χ1n) is 32.8. The van der Waals surface area contributed by atoms with Crippen molar-refractivity contribution in [3.63, 3.8) is 0 Å². The van der Waals surface area contributed by atoms with Crippen LogP contribution in [0, 0.1) is 0 Å². The van der Waals surface area contributed by atoms with Crippen LogP contribution in [0.5, 0.6) is 0 Å². The molecule has 2 heterocycles. The summed E-state index contributed by atoms with van der Waals surface area (Å²) in [7, 11) is -0.560. The fourth-order valence-electron chi connectivity index (χ4n) is 11.8. The maximum Gasteiger partial charge on any atom is 0.495 e. The summed E-state index contributed by atoms with van der Waals surface area (Å²) in [4.78, 5) is 31.4. The molecule has 1 aliphatic rings. The number of nitrogens with zero attached hydrogens (tertiary/aromatic N) is 1. The van der Waals surface area contributed by atoms with Crippen LogP contribution < -0.4 is 16.9 Å². The van der Waals surface area contributed by atoms with Crippen molar-refractivity contribution in [3.05, 3.63) is 331 Å². The van der Waals surface area contributed by atoms with Gasteiger partial charge in [-0.25, -0.2) is 4.98 Å². The number of imidazole rings is 1. The van der Waals surface area contributed by atoms with Crippen molar-refractivity contribution >= 4 is 165 Å². The Kier molecular flexibility index (Phi) is 23.1. The van der Waals surface area contributed by atoms with Crippen LogP contribution in [0.2, 0.25) is 30.1 Å². The summed E-state index contributed by atoms with van der Waals surface area (Å²) in [5, 5.41) is 11.0. The Morgan fingerprint density at radius 2 is 0.767 bits per heavy atom. The van der Waals surface area contributed by atoms with Gasteiger partial charge < -0.3 is 25.8 Å². The van der Waals surface area contributed by atoms with Crippen molar-refractivity contribution in [3.8, 4) is 67.0 Å². The minimum atomic E-state index is -0.560.